The molecule has 3 rings (SSSR count). The number of hydrogen-bond acceptors (Lipinski definition) is 5. The molecule has 4 N–H and O–H groups in total. The largest absolute Gasteiger partial charge is 0.442 e. The van der Waals surface area contributed by atoms with E-state index in [0.717, 1.165) is 18.3 Å². The molecule has 9 nitrogen and oxygen atoms in total. The van der Waals surface area contributed by atoms with Crippen molar-refractivity contribution in [3.05, 3.63) is 53.6 Å². The van der Waals surface area contributed by atoms with E-state index in [-0.39, 0.29) is 41.4 Å². The predicted octanol–water partition coefficient (Wildman–Crippen LogP) is 2.10. The predicted molar refractivity (Wildman–Crippen MR) is 108 cm³/mol. The Kier molecular flexibility index (Phi) is 6.43. The Balaban J connectivity index is 1.76. The minimum absolute atomic E-state index is 0.0690. The lowest BCUT2D eigenvalue weighted by Crippen LogP contribution is -2.33. The molecule has 2 aromatic carbocycles. The van der Waals surface area contributed by atoms with Crippen molar-refractivity contribution in [1.29, 1.82) is 0 Å². The molecule has 1 fully saturated rings. The number of urea groups is 1. The number of halogens is 2. The molecular weight excluding hydrogens is 412 g/mol. The van der Waals surface area contributed by atoms with E-state index in [1.807, 2.05) is 5.43 Å². The standard InChI is InChI=1S/C20H19F2N5O4/c1-11(28)24-9-15-10-27(20(30)31-15)14-4-5-16(18(22)7-14)12-2-3-13(17(21)6-12)8-25-26-19(23)29/h2-8,15H,9-10H2,1H3,(H,24,28)(H3,23,26,29)/t15-/m0/s1. The van der Waals surface area contributed by atoms with Crippen LogP contribution < -0.4 is 21.4 Å². The first-order valence-corrected chi connectivity index (χ1v) is 9.15. The van der Waals surface area contributed by atoms with E-state index < -0.39 is 29.9 Å². The van der Waals surface area contributed by atoms with Crippen LogP contribution in [0.1, 0.15) is 12.5 Å². The van der Waals surface area contributed by atoms with E-state index in [9.17, 15) is 23.2 Å². The van der Waals surface area contributed by atoms with Crippen LogP contribution in [0.25, 0.3) is 11.1 Å². The zero-order chi connectivity index (χ0) is 22.5. The van der Waals surface area contributed by atoms with Gasteiger partial charge in [0, 0.05) is 18.1 Å². The van der Waals surface area contributed by atoms with Crippen LogP contribution in [0.3, 0.4) is 0 Å². The average Bonchev–Trinajstić information content (AvgIpc) is 3.08. The fraction of sp³-hybridized carbons (Fsp3) is 0.200. The second-order valence-electron chi connectivity index (χ2n) is 6.69. The number of benzene rings is 2. The molecule has 11 heteroatoms. The van der Waals surface area contributed by atoms with Crippen LogP contribution in [-0.4, -0.2) is 43.4 Å². The highest BCUT2D eigenvalue weighted by molar-refractivity contribution is 5.90. The lowest BCUT2D eigenvalue weighted by atomic mass is 10.0. The number of rotatable bonds is 6. The number of hydrazone groups is 1. The Bertz CT molecular complexity index is 1060. The van der Waals surface area contributed by atoms with Crippen LogP contribution >= 0.6 is 0 Å². The van der Waals surface area contributed by atoms with Crippen LogP contribution in [0.5, 0.6) is 0 Å². The second-order valence-corrected chi connectivity index (χ2v) is 6.69. The number of primary amides is 1. The van der Waals surface area contributed by atoms with Gasteiger partial charge in [-0.15, -0.1) is 0 Å². The molecule has 162 valence electrons. The van der Waals surface area contributed by atoms with Gasteiger partial charge in [0.1, 0.15) is 17.7 Å². The quantitative estimate of drug-likeness (QED) is 0.478. The van der Waals surface area contributed by atoms with E-state index in [4.69, 9.17) is 10.5 Å². The van der Waals surface area contributed by atoms with Crippen LogP contribution in [0.2, 0.25) is 0 Å². The third-order valence-electron chi connectivity index (χ3n) is 4.41. The fourth-order valence-corrected chi connectivity index (χ4v) is 2.97. The van der Waals surface area contributed by atoms with Gasteiger partial charge in [-0.3, -0.25) is 9.69 Å². The van der Waals surface area contributed by atoms with Crippen molar-refractivity contribution >= 4 is 29.9 Å². The van der Waals surface area contributed by atoms with Crippen molar-refractivity contribution in [3.63, 3.8) is 0 Å². The molecule has 1 aliphatic heterocycles. The molecular formula is C20H19F2N5O4. The van der Waals surface area contributed by atoms with Crippen molar-refractivity contribution in [1.82, 2.24) is 10.7 Å². The van der Waals surface area contributed by atoms with E-state index in [1.54, 1.807) is 0 Å². The Morgan fingerprint density at radius 3 is 2.68 bits per heavy atom. The van der Waals surface area contributed by atoms with Crippen molar-refractivity contribution in [2.75, 3.05) is 18.0 Å². The van der Waals surface area contributed by atoms with E-state index in [1.165, 1.54) is 36.1 Å². The Labute approximate surface area is 175 Å². The molecule has 1 heterocycles. The minimum atomic E-state index is -0.890. The molecule has 31 heavy (non-hydrogen) atoms. The van der Waals surface area contributed by atoms with Gasteiger partial charge in [0.15, 0.2) is 0 Å². The number of ether oxygens (including phenoxy) is 1. The number of cyclic esters (lactones) is 1. The van der Waals surface area contributed by atoms with Gasteiger partial charge in [-0.1, -0.05) is 6.07 Å². The molecule has 0 unspecified atom stereocenters. The summed E-state index contributed by atoms with van der Waals surface area (Å²) in [6.07, 6.45) is -0.132. The molecule has 2 aromatic rings. The highest BCUT2D eigenvalue weighted by Gasteiger charge is 2.32. The van der Waals surface area contributed by atoms with Crippen molar-refractivity contribution in [2.45, 2.75) is 13.0 Å². The van der Waals surface area contributed by atoms with Gasteiger partial charge >= 0.3 is 12.1 Å². The Morgan fingerprint density at radius 2 is 2.03 bits per heavy atom. The fourth-order valence-electron chi connectivity index (χ4n) is 2.97. The van der Waals surface area contributed by atoms with Gasteiger partial charge in [0.2, 0.25) is 5.91 Å². The smallest absolute Gasteiger partial charge is 0.414 e. The highest BCUT2D eigenvalue weighted by Crippen LogP contribution is 2.29. The summed E-state index contributed by atoms with van der Waals surface area (Å²) >= 11 is 0. The van der Waals surface area contributed by atoms with Crippen LogP contribution in [0, 0.1) is 11.6 Å². The van der Waals surface area contributed by atoms with Gasteiger partial charge in [-0.05, 0) is 35.9 Å². The molecule has 0 radical (unpaired) electrons. The summed E-state index contributed by atoms with van der Waals surface area (Å²) < 4.78 is 34.2. The van der Waals surface area contributed by atoms with Crippen molar-refractivity contribution < 1.29 is 27.9 Å². The number of hydrogen-bond donors (Lipinski definition) is 3. The molecule has 1 saturated heterocycles. The SMILES string of the molecule is CC(=O)NC[C@H]1CN(c2ccc(-c3ccc(C=NNC(N)=O)c(F)c3)c(F)c2)C(=O)O1. The third-order valence-corrected chi connectivity index (χ3v) is 4.41. The second kappa shape index (κ2) is 9.20. The first-order chi connectivity index (χ1) is 14.7. The third kappa shape index (κ3) is 5.32. The van der Waals surface area contributed by atoms with E-state index in [0.29, 0.717) is 0 Å². The maximum atomic E-state index is 14.7. The number of amides is 4. The molecule has 0 saturated carbocycles. The van der Waals surface area contributed by atoms with Gasteiger partial charge in [0.25, 0.3) is 0 Å². The molecule has 0 spiro atoms. The number of nitrogens with two attached hydrogens (primary N) is 1. The topological polar surface area (TPSA) is 126 Å². The maximum absolute atomic E-state index is 14.7. The summed E-state index contributed by atoms with van der Waals surface area (Å²) in [7, 11) is 0. The summed E-state index contributed by atoms with van der Waals surface area (Å²) in [4.78, 5) is 34.9. The average molecular weight is 431 g/mol. The number of anilines is 1. The number of carbonyl (C=O) groups is 3. The van der Waals surface area contributed by atoms with Gasteiger partial charge in [-0.25, -0.2) is 23.8 Å². The molecule has 0 aromatic heterocycles. The van der Waals surface area contributed by atoms with Crippen molar-refractivity contribution in [3.8, 4) is 11.1 Å². The lowest BCUT2D eigenvalue weighted by molar-refractivity contribution is -0.119. The summed E-state index contributed by atoms with van der Waals surface area (Å²) in [6.45, 7) is 1.66. The Morgan fingerprint density at radius 1 is 1.26 bits per heavy atom. The summed E-state index contributed by atoms with van der Waals surface area (Å²) in [5.41, 5.74) is 7.56. The van der Waals surface area contributed by atoms with Crippen LogP contribution in [0.15, 0.2) is 41.5 Å². The molecule has 1 aliphatic rings. The number of carbonyl (C=O) groups excluding carboxylic acids is 3. The van der Waals surface area contributed by atoms with Crippen LogP contribution in [-0.2, 0) is 9.53 Å². The minimum Gasteiger partial charge on any atom is -0.442 e. The van der Waals surface area contributed by atoms with Gasteiger partial charge in [0.05, 0.1) is 25.0 Å². The Hall–Kier alpha value is -4.02. The number of nitrogens with zero attached hydrogens (tertiary/aromatic N) is 2. The lowest BCUT2D eigenvalue weighted by Gasteiger charge is -2.14. The van der Waals surface area contributed by atoms with Gasteiger partial charge in [-0.2, -0.15) is 5.10 Å². The van der Waals surface area contributed by atoms with Crippen molar-refractivity contribution in [2.24, 2.45) is 10.8 Å². The zero-order valence-electron chi connectivity index (χ0n) is 16.4. The maximum Gasteiger partial charge on any atom is 0.414 e. The number of nitrogens with one attached hydrogen (secondary N) is 2. The van der Waals surface area contributed by atoms with E-state index in [2.05, 4.69) is 10.4 Å². The normalized spacial score (nSPS) is 15.8. The van der Waals surface area contributed by atoms with Gasteiger partial charge < -0.3 is 15.8 Å². The van der Waals surface area contributed by atoms with E-state index >= 15 is 0 Å². The summed E-state index contributed by atoms with van der Waals surface area (Å²) in [5.74, 6) is -1.59. The molecule has 1 atom stereocenters. The summed E-state index contributed by atoms with van der Waals surface area (Å²) in [5, 5.41) is 6.04. The molecule has 0 aliphatic carbocycles. The first-order valence-electron chi connectivity index (χ1n) is 9.15. The zero-order valence-corrected chi connectivity index (χ0v) is 16.4. The summed E-state index contributed by atoms with van der Waals surface area (Å²) in [6, 6.07) is 7.19. The monoisotopic (exact) mass is 431 g/mol. The van der Waals surface area contributed by atoms with Crippen LogP contribution in [0.4, 0.5) is 24.1 Å². The molecule has 0 bridgehead atoms. The first kappa shape index (κ1) is 21.7. The highest BCUT2D eigenvalue weighted by atomic mass is 19.1. The molecule has 4 amide bonds.